The minimum atomic E-state index is -0.293. The molecular formula is C28H33N7O2. The van der Waals surface area contributed by atoms with Crippen LogP contribution in [0.1, 0.15) is 0 Å². The lowest BCUT2D eigenvalue weighted by Gasteiger charge is -2.26. The zero-order valence-electron chi connectivity index (χ0n) is 21.9. The van der Waals surface area contributed by atoms with E-state index in [0.717, 1.165) is 40.9 Å². The van der Waals surface area contributed by atoms with Gasteiger partial charge in [0.05, 0.1) is 29.9 Å². The molecule has 4 rings (SSSR count). The average Bonchev–Trinajstić information content (AvgIpc) is 3.27. The van der Waals surface area contributed by atoms with Gasteiger partial charge in [0.1, 0.15) is 17.9 Å². The maximum Gasteiger partial charge on any atom is 0.247 e. The molecule has 2 aromatic heterocycles. The van der Waals surface area contributed by atoms with E-state index in [1.165, 1.54) is 12.4 Å². The van der Waals surface area contributed by atoms with Gasteiger partial charge < -0.3 is 29.7 Å². The minimum Gasteiger partial charge on any atom is -0.494 e. The molecule has 4 aromatic rings. The number of amides is 1. The predicted molar refractivity (Wildman–Crippen MR) is 151 cm³/mol. The maximum atomic E-state index is 12.2. The number of methoxy groups -OCH3 is 1. The number of ether oxygens (including phenoxy) is 1. The fourth-order valence-electron chi connectivity index (χ4n) is 4.07. The number of hydrogen-bond acceptors (Lipinski definition) is 7. The van der Waals surface area contributed by atoms with E-state index in [-0.39, 0.29) is 5.91 Å². The van der Waals surface area contributed by atoms with Gasteiger partial charge in [0.2, 0.25) is 5.91 Å². The fraction of sp³-hybridized carbons (Fsp3) is 0.250. The van der Waals surface area contributed by atoms with Crippen molar-refractivity contribution in [2.24, 2.45) is 7.05 Å². The molecule has 0 radical (unpaired) electrons. The van der Waals surface area contributed by atoms with Gasteiger partial charge in [-0.1, -0.05) is 12.6 Å². The van der Waals surface area contributed by atoms with Crippen LogP contribution in [-0.4, -0.2) is 66.7 Å². The molecule has 2 heterocycles. The van der Waals surface area contributed by atoms with Crippen LogP contribution in [0.5, 0.6) is 5.75 Å². The molecule has 0 aliphatic rings. The SMILES string of the molecule is C=CC(=O)Nc1cc(Nc2cc(-c3ccc4c(ccn4C)c3)ncn2)c(OC)cc1N(C)CCN(C)C. The van der Waals surface area contributed by atoms with E-state index < -0.39 is 0 Å². The third-order valence-corrected chi connectivity index (χ3v) is 6.17. The highest BCUT2D eigenvalue weighted by Crippen LogP contribution is 2.38. The first-order valence-corrected chi connectivity index (χ1v) is 11.9. The van der Waals surface area contributed by atoms with Crippen LogP contribution in [0, 0.1) is 0 Å². The molecule has 0 aliphatic heterocycles. The van der Waals surface area contributed by atoms with Crippen LogP contribution in [0.3, 0.4) is 0 Å². The van der Waals surface area contributed by atoms with Crippen molar-refractivity contribution >= 4 is 39.7 Å². The third kappa shape index (κ3) is 5.90. The summed E-state index contributed by atoms with van der Waals surface area (Å²) in [5.74, 6) is 0.930. The number of rotatable bonds is 10. The number of anilines is 4. The number of benzene rings is 2. The van der Waals surface area contributed by atoms with E-state index in [9.17, 15) is 4.79 Å². The second-order valence-electron chi connectivity index (χ2n) is 9.10. The Morgan fingerprint density at radius 2 is 1.89 bits per heavy atom. The number of hydrogen-bond donors (Lipinski definition) is 2. The molecule has 0 aliphatic carbocycles. The predicted octanol–water partition coefficient (Wildman–Crippen LogP) is 4.51. The lowest BCUT2D eigenvalue weighted by molar-refractivity contribution is -0.111. The molecule has 0 fully saturated rings. The first-order valence-electron chi connectivity index (χ1n) is 11.9. The highest BCUT2D eigenvalue weighted by molar-refractivity contribution is 6.02. The number of carbonyl (C=O) groups excluding carboxylic acids is 1. The quantitative estimate of drug-likeness (QED) is 0.311. The molecule has 0 atom stereocenters. The molecule has 0 spiro atoms. The van der Waals surface area contributed by atoms with E-state index in [2.05, 4.69) is 65.8 Å². The summed E-state index contributed by atoms with van der Waals surface area (Å²) in [5.41, 5.74) is 5.08. The van der Waals surface area contributed by atoms with Gasteiger partial charge in [0, 0.05) is 62.0 Å². The normalized spacial score (nSPS) is 11.0. The van der Waals surface area contributed by atoms with E-state index in [4.69, 9.17) is 4.74 Å². The van der Waals surface area contributed by atoms with Gasteiger partial charge in [0.25, 0.3) is 0 Å². The van der Waals surface area contributed by atoms with Gasteiger partial charge in [-0.05, 0) is 44.4 Å². The monoisotopic (exact) mass is 499 g/mol. The summed E-state index contributed by atoms with van der Waals surface area (Å²) >= 11 is 0. The van der Waals surface area contributed by atoms with Crippen LogP contribution in [0.25, 0.3) is 22.2 Å². The maximum absolute atomic E-state index is 12.2. The van der Waals surface area contributed by atoms with Gasteiger partial charge in [-0.3, -0.25) is 4.79 Å². The van der Waals surface area contributed by atoms with Gasteiger partial charge in [-0.2, -0.15) is 0 Å². The zero-order chi connectivity index (χ0) is 26.5. The van der Waals surface area contributed by atoms with Crippen molar-refractivity contribution in [3.63, 3.8) is 0 Å². The van der Waals surface area contributed by atoms with Crippen LogP contribution >= 0.6 is 0 Å². The van der Waals surface area contributed by atoms with Crippen molar-refractivity contribution < 1.29 is 9.53 Å². The number of aromatic nitrogens is 3. The van der Waals surface area contributed by atoms with E-state index >= 15 is 0 Å². The largest absolute Gasteiger partial charge is 0.494 e. The number of likely N-dealkylation sites (N-methyl/N-ethyl adjacent to an activating group) is 2. The molecule has 0 bridgehead atoms. The lowest BCUT2D eigenvalue weighted by atomic mass is 10.1. The molecule has 9 nitrogen and oxygen atoms in total. The highest BCUT2D eigenvalue weighted by atomic mass is 16.5. The molecule has 2 N–H and O–H groups in total. The number of nitrogens with one attached hydrogen (secondary N) is 2. The average molecular weight is 500 g/mol. The number of aryl methyl sites for hydroxylation is 1. The molecule has 0 saturated carbocycles. The van der Waals surface area contributed by atoms with Gasteiger partial charge in [0.15, 0.2) is 0 Å². The van der Waals surface area contributed by atoms with Crippen LogP contribution in [0.4, 0.5) is 22.9 Å². The van der Waals surface area contributed by atoms with Crippen LogP contribution < -0.4 is 20.3 Å². The summed E-state index contributed by atoms with van der Waals surface area (Å²) in [6.07, 6.45) is 4.82. The Kier molecular flexibility index (Phi) is 7.74. The Morgan fingerprint density at radius 3 is 2.62 bits per heavy atom. The summed E-state index contributed by atoms with van der Waals surface area (Å²) in [6.45, 7) is 5.20. The summed E-state index contributed by atoms with van der Waals surface area (Å²) in [4.78, 5) is 25.3. The summed E-state index contributed by atoms with van der Waals surface area (Å²) in [5, 5.41) is 7.40. The van der Waals surface area contributed by atoms with Crippen molar-refractivity contribution in [3.05, 3.63) is 67.6 Å². The highest BCUT2D eigenvalue weighted by Gasteiger charge is 2.16. The molecular weight excluding hydrogens is 466 g/mol. The Bertz CT molecular complexity index is 1430. The number of fused-ring (bicyclic) bond motifs is 1. The van der Waals surface area contributed by atoms with E-state index in [0.29, 0.717) is 22.9 Å². The van der Waals surface area contributed by atoms with Crippen molar-refractivity contribution in [2.45, 2.75) is 0 Å². The second-order valence-corrected chi connectivity index (χ2v) is 9.10. The molecule has 1 amide bonds. The molecule has 192 valence electrons. The van der Waals surface area contributed by atoms with Crippen molar-refractivity contribution in [2.75, 3.05) is 56.9 Å². The molecule has 0 saturated heterocycles. The van der Waals surface area contributed by atoms with Crippen LogP contribution in [0.2, 0.25) is 0 Å². The smallest absolute Gasteiger partial charge is 0.247 e. The summed E-state index contributed by atoms with van der Waals surface area (Å²) < 4.78 is 7.79. The molecule has 9 heteroatoms. The number of nitrogens with zero attached hydrogens (tertiary/aromatic N) is 5. The third-order valence-electron chi connectivity index (χ3n) is 6.17. The molecule has 2 aromatic carbocycles. The van der Waals surface area contributed by atoms with Crippen molar-refractivity contribution in [3.8, 4) is 17.0 Å². The van der Waals surface area contributed by atoms with Gasteiger partial charge in [-0.25, -0.2) is 9.97 Å². The summed E-state index contributed by atoms with van der Waals surface area (Å²) in [7, 11) is 9.67. The van der Waals surface area contributed by atoms with E-state index in [1.54, 1.807) is 7.11 Å². The lowest BCUT2D eigenvalue weighted by Crippen LogP contribution is -2.29. The number of carbonyl (C=O) groups is 1. The topological polar surface area (TPSA) is 87.5 Å². The van der Waals surface area contributed by atoms with Crippen LogP contribution in [0.15, 0.2) is 67.6 Å². The van der Waals surface area contributed by atoms with Crippen molar-refractivity contribution in [1.82, 2.24) is 19.4 Å². The minimum absolute atomic E-state index is 0.293. The van der Waals surface area contributed by atoms with E-state index in [1.807, 2.05) is 52.6 Å². The second kappa shape index (κ2) is 11.1. The Balaban J connectivity index is 1.67. The van der Waals surface area contributed by atoms with Gasteiger partial charge in [-0.15, -0.1) is 0 Å². The Hall–Kier alpha value is -4.37. The fourth-order valence-corrected chi connectivity index (χ4v) is 4.07. The summed E-state index contributed by atoms with van der Waals surface area (Å²) in [6, 6.07) is 14.0. The van der Waals surface area contributed by atoms with Crippen molar-refractivity contribution in [1.29, 1.82) is 0 Å². The first kappa shape index (κ1) is 25.7. The Labute approximate surface area is 217 Å². The van der Waals surface area contributed by atoms with Crippen LogP contribution in [-0.2, 0) is 11.8 Å². The zero-order valence-corrected chi connectivity index (χ0v) is 21.9. The molecule has 37 heavy (non-hydrogen) atoms. The first-order chi connectivity index (χ1) is 17.8. The Morgan fingerprint density at radius 1 is 1.08 bits per heavy atom. The standard InChI is InChI=1S/C28H33N7O2/c1-7-28(36)32-22-15-23(26(37-6)17-25(22)35(5)13-12-33(2)3)31-27-16-21(29-18-30-27)19-8-9-24-20(14-19)10-11-34(24)4/h7-11,14-18H,1,12-13H2,2-6H3,(H,32,36)(H,29,30,31). The van der Waals surface area contributed by atoms with Gasteiger partial charge >= 0.3 is 0 Å². The molecule has 0 unspecified atom stereocenters.